The molecule has 3 aromatic carbocycles. The van der Waals surface area contributed by atoms with Gasteiger partial charge in [0.1, 0.15) is 5.82 Å². The average Bonchev–Trinajstić information content (AvgIpc) is 3.33. The van der Waals surface area contributed by atoms with Gasteiger partial charge in [-0.1, -0.05) is 61.5 Å². The number of carbonyl (C=O) groups excluding carboxylic acids is 1. The fraction of sp³-hybridized carbons (Fsp3) is 0.130. The van der Waals surface area contributed by atoms with Crippen LogP contribution in [0.3, 0.4) is 0 Å². The third-order valence-electron chi connectivity index (χ3n) is 4.82. The maximum atomic E-state index is 14.3. The molecule has 1 N–H and O–H groups in total. The maximum absolute atomic E-state index is 14.3. The van der Waals surface area contributed by atoms with Crippen molar-refractivity contribution >= 4 is 11.6 Å². The Morgan fingerprint density at radius 1 is 0.967 bits per heavy atom. The van der Waals surface area contributed by atoms with Crippen molar-refractivity contribution in [1.82, 2.24) is 20.6 Å². The second-order valence-electron chi connectivity index (χ2n) is 6.84. The molecule has 0 unspecified atom stereocenters. The number of rotatable bonds is 6. The van der Waals surface area contributed by atoms with Crippen LogP contribution in [0.2, 0.25) is 0 Å². The monoisotopic (exact) mass is 401 g/mol. The van der Waals surface area contributed by atoms with Crippen molar-refractivity contribution in [1.29, 1.82) is 0 Å². The molecule has 0 atom stereocenters. The van der Waals surface area contributed by atoms with Crippen molar-refractivity contribution in [2.24, 2.45) is 0 Å². The summed E-state index contributed by atoms with van der Waals surface area (Å²) in [6.45, 7) is 2.12. The topological polar surface area (TPSA) is 74.8 Å². The van der Waals surface area contributed by atoms with E-state index >= 15 is 0 Å². The molecule has 0 aliphatic heterocycles. The van der Waals surface area contributed by atoms with Crippen molar-refractivity contribution in [3.8, 4) is 22.5 Å². The van der Waals surface area contributed by atoms with Crippen LogP contribution in [-0.4, -0.2) is 26.5 Å². The van der Waals surface area contributed by atoms with Gasteiger partial charge in [-0.05, 0) is 45.3 Å². The molecule has 0 aliphatic carbocycles. The highest BCUT2D eigenvalue weighted by atomic mass is 19.1. The highest BCUT2D eigenvalue weighted by Crippen LogP contribution is 2.27. The van der Waals surface area contributed by atoms with E-state index in [2.05, 4.69) is 32.8 Å². The van der Waals surface area contributed by atoms with Gasteiger partial charge >= 0.3 is 0 Å². The number of hydrogen-bond donors (Lipinski definition) is 1. The van der Waals surface area contributed by atoms with Gasteiger partial charge in [-0.25, -0.2) is 9.49 Å². The molecule has 0 spiro atoms. The highest BCUT2D eigenvalue weighted by molar-refractivity contribution is 5.93. The molecule has 0 bridgehead atoms. The van der Waals surface area contributed by atoms with E-state index in [-0.39, 0.29) is 5.91 Å². The number of halogens is 1. The van der Waals surface area contributed by atoms with Gasteiger partial charge in [0.25, 0.3) is 0 Å². The number of hydrogen-bond acceptors (Lipinski definition) is 4. The first kappa shape index (κ1) is 19.4. The normalized spacial score (nSPS) is 10.7. The molecule has 6 nitrogen and oxygen atoms in total. The summed E-state index contributed by atoms with van der Waals surface area (Å²) in [4.78, 5) is 14.2. The smallest absolute Gasteiger partial charge is 0.227 e. The first-order valence-electron chi connectivity index (χ1n) is 9.63. The van der Waals surface area contributed by atoms with E-state index in [9.17, 15) is 9.18 Å². The molecule has 1 aromatic heterocycles. The third kappa shape index (κ3) is 4.25. The van der Waals surface area contributed by atoms with Crippen LogP contribution in [0.1, 0.15) is 18.9 Å². The lowest BCUT2D eigenvalue weighted by Gasteiger charge is -2.23. The third-order valence-corrected chi connectivity index (χ3v) is 4.82. The first-order chi connectivity index (χ1) is 14.6. The Labute approximate surface area is 173 Å². The minimum Gasteiger partial charge on any atom is -0.308 e. The Kier molecular flexibility index (Phi) is 5.61. The van der Waals surface area contributed by atoms with E-state index in [1.54, 1.807) is 17.9 Å². The van der Waals surface area contributed by atoms with Gasteiger partial charge in [-0.15, -0.1) is 5.10 Å². The number of benzene rings is 3. The molecule has 150 valence electrons. The van der Waals surface area contributed by atoms with E-state index in [1.165, 1.54) is 12.1 Å². The quantitative estimate of drug-likeness (QED) is 0.512. The molecule has 0 aliphatic rings. The van der Waals surface area contributed by atoms with Crippen LogP contribution in [0.15, 0.2) is 72.8 Å². The minimum absolute atomic E-state index is 0.102. The van der Waals surface area contributed by atoms with E-state index in [0.717, 1.165) is 16.7 Å². The van der Waals surface area contributed by atoms with E-state index in [1.807, 2.05) is 42.5 Å². The fourth-order valence-electron chi connectivity index (χ4n) is 3.28. The van der Waals surface area contributed by atoms with Gasteiger partial charge in [0, 0.05) is 17.7 Å². The number of amides is 1. The van der Waals surface area contributed by atoms with Gasteiger partial charge in [0.15, 0.2) is 5.82 Å². The molecule has 7 heteroatoms. The number of tetrazole rings is 1. The number of nitrogens with zero attached hydrogens (tertiary/aromatic N) is 4. The van der Waals surface area contributed by atoms with Crippen LogP contribution < -0.4 is 4.90 Å². The van der Waals surface area contributed by atoms with Crippen molar-refractivity contribution in [2.75, 3.05) is 4.90 Å². The lowest BCUT2D eigenvalue weighted by atomic mass is 10.0. The molecule has 1 heterocycles. The Morgan fingerprint density at radius 2 is 1.70 bits per heavy atom. The van der Waals surface area contributed by atoms with Gasteiger partial charge in [-0.2, -0.15) is 0 Å². The average molecular weight is 401 g/mol. The van der Waals surface area contributed by atoms with Crippen molar-refractivity contribution < 1.29 is 9.18 Å². The van der Waals surface area contributed by atoms with Gasteiger partial charge < -0.3 is 4.90 Å². The first-order valence-corrected chi connectivity index (χ1v) is 9.63. The molecule has 0 radical (unpaired) electrons. The van der Waals surface area contributed by atoms with Gasteiger partial charge in [0.05, 0.1) is 6.54 Å². The summed E-state index contributed by atoms with van der Waals surface area (Å²) >= 11 is 0. The molecule has 1 amide bonds. The summed E-state index contributed by atoms with van der Waals surface area (Å²) in [5, 5.41) is 13.5. The zero-order chi connectivity index (χ0) is 20.9. The number of anilines is 1. The van der Waals surface area contributed by atoms with Crippen molar-refractivity contribution in [2.45, 2.75) is 19.9 Å². The number of aromatic nitrogens is 4. The van der Waals surface area contributed by atoms with Crippen LogP contribution >= 0.6 is 0 Å². The molecule has 0 fully saturated rings. The number of carbonyl (C=O) groups is 1. The molecular weight excluding hydrogens is 381 g/mol. The van der Waals surface area contributed by atoms with E-state index < -0.39 is 5.82 Å². The van der Waals surface area contributed by atoms with Crippen LogP contribution in [-0.2, 0) is 11.3 Å². The summed E-state index contributed by atoms with van der Waals surface area (Å²) in [5.41, 5.74) is 4.10. The molecular formula is C23H20FN5O. The Hall–Kier alpha value is -3.87. The predicted octanol–water partition coefficient (Wildman–Crippen LogP) is 4.62. The lowest BCUT2D eigenvalue weighted by molar-refractivity contribution is -0.118. The lowest BCUT2D eigenvalue weighted by Crippen LogP contribution is -2.29. The fourth-order valence-corrected chi connectivity index (χ4v) is 3.28. The van der Waals surface area contributed by atoms with Crippen LogP contribution in [0.25, 0.3) is 22.5 Å². The summed E-state index contributed by atoms with van der Waals surface area (Å²) in [6, 6.07) is 22.5. The van der Waals surface area contributed by atoms with E-state index in [4.69, 9.17) is 0 Å². The highest BCUT2D eigenvalue weighted by Gasteiger charge is 2.17. The standard InChI is InChI=1S/C23H20FN5O/c1-2-22(30)29(21-13-19(12-20(24)14-21)23-25-27-28-26-23)15-16-8-10-18(11-9-16)17-6-4-3-5-7-17/h3-14H,2,15H2,1H3,(H,25,26,27,28). The minimum atomic E-state index is -0.466. The largest absolute Gasteiger partial charge is 0.308 e. The maximum Gasteiger partial charge on any atom is 0.227 e. The van der Waals surface area contributed by atoms with Gasteiger partial charge in [-0.3, -0.25) is 4.79 Å². The molecule has 0 saturated carbocycles. The summed E-state index contributed by atoms with van der Waals surface area (Å²) in [6.07, 6.45) is 0.303. The van der Waals surface area contributed by atoms with Crippen LogP contribution in [0.5, 0.6) is 0 Å². The van der Waals surface area contributed by atoms with Crippen molar-refractivity contribution in [3.63, 3.8) is 0 Å². The van der Waals surface area contributed by atoms with Crippen LogP contribution in [0, 0.1) is 5.82 Å². The SMILES string of the molecule is CCC(=O)N(Cc1ccc(-c2ccccc2)cc1)c1cc(F)cc(-c2nnn[nH]2)c1. The molecule has 30 heavy (non-hydrogen) atoms. The van der Waals surface area contributed by atoms with E-state index in [0.29, 0.717) is 30.0 Å². The second kappa shape index (κ2) is 8.65. The Morgan fingerprint density at radius 3 is 2.37 bits per heavy atom. The van der Waals surface area contributed by atoms with Crippen LogP contribution in [0.4, 0.5) is 10.1 Å². The molecule has 0 saturated heterocycles. The van der Waals surface area contributed by atoms with Crippen molar-refractivity contribution in [3.05, 3.63) is 84.2 Å². The number of nitrogens with one attached hydrogen (secondary N) is 1. The zero-order valence-corrected chi connectivity index (χ0v) is 16.4. The molecule has 4 aromatic rings. The summed E-state index contributed by atoms with van der Waals surface area (Å²) in [7, 11) is 0. The number of H-pyrrole nitrogens is 1. The molecule has 4 rings (SSSR count). The Balaban J connectivity index is 1.63. The number of aromatic amines is 1. The summed E-state index contributed by atoms with van der Waals surface area (Å²) < 4.78 is 14.3. The second-order valence-corrected chi connectivity index (χ2v) is 6.84. The zero-order valence-electron chi connectivity index (χ0n) is 16.4. The summed E-state index contributed by atoms with van der Waals surface area (Å²) in [5.74, 6) is -0.228. The predicted molar refractivity (Wildman–Crippen MR) is 113 cm³/mol. The van der Waals surface area contributed by atoms with Gasteiger partial charge in [0.2, 0.25) is 5.91 Å². The Bertz CT molecular complexity index is 1130.